The number of rotatable bonds is 5. The van der Waals surface area contributed by atoms with Crippen molar-refractivity contribution in [2.45, 2.75) is 0 Å². The zero-order valence-electron chi connectivity index (χ0n) is 25.1. The molecule has 1 N–H and O–H groups in total. The number of aromatic nitrogens is 2. The number of halogens is 1. The Labute approximate surface area is 275 Å². The summed E-state index contributed by atoms with van der Waals surface area (Å²) in [6, 6.07) is 53.4. The van der Waals surface area contributed by atoms with Crippen LogP contribution in [-0.2, 0) is 0 Å². The van der Waals surface area contributed by atoms with Crippen molar-refractivity contribution < 1.29 is 9.84 Å². The van der Waals surface area contributed by atoms with E-state index in [9.17, 15) is 5.11 Å². The quantitative estimate of drug-likeness (QED) is 0.206. The maximum absolute atomic E-state index is 10.9. The van der Waals surface area contributed by atoms with Crippen molar-refractivity contribution in [1.82, 2.24) is 9.13 Å². The zero-order valence-corrected chi connectivity index (χ0v) is 25.9. The number of nitrogens with zero attached hydrogens (tertiary/aromatic N) is 2. The van der Waals surface area contributed by atoms with Crippen LogP contribution in [0, 0.1) is 0 Å². The Kier molecular flexibility index (Phi) is 6.30. The number of benzene rings is 7. The van der Waals surface area contributed by atoms with Gasteiger partial charge in [-0.1, -0.05) is 84.4 Å². The third-order valence-electron chi connectivity index (χ3n) is 8.89. The molecular weight excluding hydrogens is 600 g/mol. The molecule has 2 aromatic heterocycles. The van der Waals surface area contributed by atoms with E-state index in [-0.39, 0.29) is 5.75 Å². The minimum absolute atomic E-state index is 0.110. The van der Waals surface area contributed by atoms with E-state index in [1.165, 1.54) is 21.8 Å². The van der Waals surface area contributed by atoms with Crippen LogP contribution in [0.1, 0.15) is 0 Å². The zero-order chi connectivity index (χ0) is 31.5. The second-order valence-corrected chi connectivity index (χ2v) is 12.2. The maximum Gasteiger partial charge on any atom is 0.130 e. The number of para-hydroxylation sites is 4. The number of ether oxygens (including phenoxy) is 1. The van der Waals surface area contributed by atoms with Crippen molar-refractivity contribution >= 4 is 55.2 Å². The number of phenols is 1. The molecule has 0 amide bonds. The lowest BCUT2D eigenvalue weighted by molar-refractivity contribution is 0.476. The second kappa shape index (κ2) is 10.8. The van der Waals surface area contributed by atoms with Gasteiger partial charge in [-0.05, 0) is 84.4 Å². The monoisotopic (exact) mass is 626 g/mol. The van der Waals surface area contributed by atoms with Gasteiger partial charge in [0.25, 0.3) is 0 Å². The van der Waals surface area contributed by atoms with E-state index in [1.807, 2.05) is 42.5 Å². The molecule has 5 heteroatoms. The first-order valence-corrected chi connectivity index (χ1v) is 15.9. The van der Waals surface area contributed by atoms with Crippen molar-refractivity contribution in [1.29, 1.82) is 0 Å². The van der Waals surface area contributed by atoms with Crippen LogP contribution in [0.15, 0.2) is 158 Å². The summed E-state index contributed by atoms with van der Waals surface area (Å²) in [4.78, 5) is 0. The van der Waals surface area contributed by atoms with Crippen LogP contribution >= 0.6 is 11.6 Å². The average molecular weight is 627 g/mol. The van der Waals surface area contributed by atoms with Crippen LogP contribution in [0.5, 0.6) is 17.2 Å². The van der Waals surface area contributed by atoms with Gasteiger partial charge in [-0.15, -0.1) is 0 Å². The van der Waals surface area contributed by atoms with Crippen LogP contribution < -0.4 is 4.74 Å². The molecule has 0 aliphatic carbocycles. The van der Waals surface area contributed by atoms with Gasteiger partial charge in [-0.2, -0.15) is 0 Å². The minimum Gasteiger partial charge on any atom is -0.507 e. The van der Waals surface area contributed by atoms with Gasteiger partial charge in [0.15, 0.2) is 0 Å². The van der Waals surface area contributed by atoms with Gasteiger partial charge in [0.05, 0.1) is 27.8 Å². The molecule has 0 bridgehead atoms. The number of hydrogen-bond donors (Lipinski definition) is 1. The smallest absolute Gasteiger partial charge is 0.130 e. The summed E-state index contributed by atoms with van der Waals surface area (Å²) in [6.07, 6.45) is 0. The maximum atomic E-state index is 10.9. The minimum atomic E-state index is 0.110. The van der Waals surface area contributed by atoms with Crippen LogP contribution in [0.2, 0.25) is 5.02 Å². The van der Waals surface area contributed by atoms with Crippen molar-refractivity contribution in [2.75, 3.05) is 0 Å². The largest absolute Gasteiger partial charge is 0.507 e. The Morgan fingerprint density at radius 3 is 1.68 bits per heavy atom. The van der Waals surface area contributed by atoms with Gasteiger partial charge in [-0.25, -0.2) is 0 Å². The highest BCUT2D eigenvalue weighted by molar-refractivity contribution is 6.30. The van der Waals surface area contributed by atoms with E-state index in [1.54, 1.807) is 12.1 Å². The predicted molar refractivity (Wildman–Crippen MR) is 194 cm³/mol. The molecule has 0 fully saturated rings. The van der Waals surface area contributed by atoms with Gasteiger partial charge < -0.3 is 19.0 Å². The molecule has 0 aliphatic rings. The number of fused-ring (bicyclic) bond motifs is 6. The fourth-order valence-corrected chi connectivity index (χ4v) is 7.05. The summed E-state index contributed by atoms with van der Waals surface area (Å²) in [5.41, 5.74) is 8.00. The molecule has 0 radical (unpaired) electrons. The first-order valence-electron chi connectivity index (χ1n) is 15.5. The number of phenolic OH excluding ortho intramolecular Hbond substituents is 1. The molecule has 2 heterocycles. The summed E-state index contributed by atoms with van der Waals surface area (Å²) in [5, 5.41) is 16.2. The van der Waals surface area contributed by atoms with Gasteiger partial charge in [0.2, 0.25) is 0 Å². The number of hydrogen-bond acceptors (Lipinski definition) is 2. The lowest BCUT2D eigenvalue weighted by atomic mass is 10.0. The second-order valence-electron chi connectivity index (χ2n) is 11.7. The van der Waals surface area contributed by atoms with Gasteiger partial charge >= 0.3 is 0 Å². The van der Waals surface area contributed by atoms with Crippen LogP contribution in [0.4, 0.5) is 0 Å². The lowest BCUT2D eigenvalue weighted by Crippen LogP contribution is -1.97. The molecular formula is C42H27ClN2O2. The van der Waals surface area contributed by atoms with Gasteiger partial charge in [-0.3, -0.25) is 0 Å². The number of aromatic hydroxyl groups is 1. The average Bonchev–Trinajstić information content (AvgIpc) is 3.61. The van der Waals surface area contributed by atoms with E-state index >= 15 is 0 Å². The predicted octanol–water partition coefficient (Wildman–Crippen LogP) is 11.7. The highest BCUT2D eigenvalue weighted by atomic mass is 35.5. The van der Waals surface area contributed by atoms with E-state index in [4.69, 9.17) is 16.3 Å². The molecule has 9 rings (SSSR count). The van der Waals surface area contributed by atoms with E-state index < -0.39 is 0 Å². The fourth-order valence-electron chi connectivity index (χ4n) is 6.88. The highest BCUT2D eigenvalue weighted by Crippen LogP contribution is 2.40. The molecule has 9 aromatic rings. The van der Waals surface area contributed by atoms with Crippen molar-refractivity contribution in [3.05, 3.63) is 163 Å². The third kappa shape index (κ3) is 4.53. The van der Waals surface area contributed by atoms with Crippen LogP contribution in [0.3, 0.4) is 0 Å². The van der Waals surface area contributed by atoms with Gasteiger partial charge in [0.1, 0.15) is 17.2 Å². The fraction of sp³-hybridized carbons (Fsp3) is 0. The first-order chi connectivity index (χ1) is 23.1. The van der Waals surface area contributed by atoms with Crippen molar-refractivity contribution in [3.8, 4) is 39.8 Å². The molecule has 0 saturated heterocycles. The highest BCUT2D eigenvalue weighted by Gasteiger charge is 2.18. The molecule has 7 aromatic carbocycles. The Balaban J connectivity index is 1.29. The summed E-state index contributed by atoms with van der Waals surface area (Å²) in [7, 11) is 0. The van der Waals surface area contributed by atoms with Crippen LogP contribution in [-0.4, -0.2) is 14.2 Å². The SMILES string of the molecule is Oc1cc(Cl)ccc1-c1cc(Oc2ccccc2)cc(-n2c3ccccc3c3cc(-n4c5ccccc5c5ccccc54)ccc32)c1. The Morgan fingerprint density at radius 2 is 1.02 bits per heavy atom. The molecule has 4 nitrogen and oxygen atoms in total. The molecule has 0 saturated carbocycles. The Hall–Kier alpha value is -5.97. The molecule has 224 valence electrons. The van der Waals surface area contributed by atoms with Gasteiger partial charge in [0, 0.05) is 43.9 Å². The topological polar surface area (TPSA) is 39.3 Å². The summed E-state index contributed by atoms with van der Waals surface area (Å²) < 4.78 is 11.0. The standard InChI is InChI=1S/C42H27ClN2O2/c43-28-18-20-33(42(46)24-28)27-22-30(25-32(23-27)47-31-10-2-1-3-11-31)45-40-17-9-6-14-36(40)37-26-29(19-21-41(37)45)44-38-15-7-4-12-34(38)35-13-5-8-16-39(35)44/h1-26,46H. The van der Waals surface area contributed by atoms with E-state index in [0.717, 1.165) is 44.5 Å². The Bertz CT molecular complexity index is 2580. The van der Waals surface area contributed by atoms with E-state index in [2.05, 4.69) is 112 Å². The molecule has 0 aliphatic heterocycles. The first kappa shape index (κ1) is 27.3. The summed E-state index contributed by atoms with van der Waals surface area (Å²) in [5.74, 6) is 1.50. The molecule has 0 spiro atoms. The lowest BCUT2D eigenvalue weighted by Gasteiger charge is -2.15. The summed E-state index contributed by atoms with van der Waals surface area (Å²) in [6.45, 7) is 0. The van der Waals surface area contributed by atoms with Crippen LogP contribution in [0.25, 0.3) is 66.1 Å². The Morgan fingerprint density at radius 1 is 0.447 bits per heavy atom. The molecule has 47 heavy (non-hydrogen) atoms. The molecule has 0 atom stereocenters. The summed E-state index contributed by atoms with van der Waals surface area (Å²) >= 11 is 6.21. The molecule has 0 unspecified atom stereocenters. The van der Waals surface area contributed by atoms with Crippen molar-refractivity contribution in [3.63, 3.8) is 0 Å². The van der Waals surface area contributed by atoms with E-state index in [0.29, 0.717) is 16.3 Å². The third-order valence-corrected chi connectivity index (χ3v) is 9.13. The van der Waals surface area contributed by atoms with Crippen molar-refractivity contribution in [2.24, 2.45) is 0 Å². The normalized spacial score (nSPS) is 11.6.